The molecule has 1 aromatic heterocycles. The number of ether oxygens (including phenoxy) is 1. The van der Waals surface area contributed by atoms with Gasteiger partial charge >= 0.3 is 12.0 Å². The molecule has 174 valence electrons. The SMILES string of the molecule is COC(=O)c1ccc(Cl)cc1NC(=O)N1CCN(S(=O)(=O)c2ccc3c(ccn3C)c2)CC1. The standard InChI is InChI=1S/C22H23ClN4O5S/c1-25-8-7-15-13-17(4-6-20(15)25)33(30,31)27-11-9-26(10-12-27)22(29)24-19-14-16(23)3-5-18(19)21(28)32-2/h3-8,13-14H,9-12H2,1-2H3,(H,24,29). The number of nitrogens with one attached hydrogen (secondary N) is 1. The van der Waals surface area contributed by atoms with Crippen LogP contribution in [0.3, 0.4) is 0 Å². The molecule has 2 amide bonds. The molecule has 1 N–H and O–H groups in total. The molecule has 0 bridgehead atoms. The van der Waals surface area contributed by atoms with Crippen molar-refractivity contribution in [3.05, 3.63) is 59.2 Å². The predicted octanol–water partition coefficient (Wildman–Crippen LogP) is 3.16. The normalized spacial score (nSPS) is 14.9. The third-order valence-corrected chi connectivity index (χ3v) is 7.78. The fraction of sp³-hybridized carbons (Fsp3) is 0.273. The average molecular weight is 491 g/mol. The van der Waals surface area contributed by atoms with E-state index in [2.05, 4.69) is 5.32 Å². The number of amides is 2. The molecule has 1 saturated heterocycles. The van der Waals surface area contributed by atoms with Crippen LogP contribution in [0.25, 0.3) is 10.9 Å². The van der Waals surface area contributed by atoms with Gasteiger partial charge in [-0.05, 0) is 42.5 Å². The van der Waals surface area contributed by atoms with Gasteiger partial charge in [-0.1, -0.05) is 11.6 Å². The van der Waals surface area contributed by atoms with Gasteiger partial charge in [0.1, 0.15) is 0 Å². The quantitative estimate of drug-likeness (QED) is 0.566. The van der Waals surface area contributed by atoms with Crippen LogP contribution < -0.4 is 5.32 Å². The molecule has 1 aliphatic rings. The summed E-state index contributed by atoms with van der Waals surface area (Å²) in [6.07, 6.45) is 1.88. The summed E-state index contributed by atoms with van der Waals surface area (Å²) in [6, 6.07) is 10.9. The maximum absolute atomic E-state index is 13.1. The molecule has 2 aromatic carbocycles. The first-order chi connectivity index (χ1) is 15.7. The van der Waals surface area contributed by atoms with Crippen molar-refractivity contribution in [3.8, 4) is 0 Å². The summed E-state index contributed by atoms with van der Waals surface area (Å²) in [5, 5.41) is 3.87. The first kappa shape index (κ1) is 23.1. The zero-order valence-corrected chi connectivity index (χ0v) is 19.7. The Bertz CT molecular complexity index is 1330. The summed E-state index contributed by atoms with van der Waals surface area (Å²) >= 11 is 6.01. The summed E-state index contributed by atoms with van der Waals surface area (Å²) in [5.41, 5.74) is 1.35. The third-order valence-electron chi connectivity index (χ3n) is 5.65. The molecule has 3 aromatic rings. The number of hydrogen-bond acceptors (Lipinski definition) is 5. The van der Waals surface area contributed by atoms with Crippen LogP contribution in [0.2, 0.25) is 5.02 Å². The van der Waals surface area contributed by atoms with Crippen molar-refractivity contribution in [1.29, 1.82) is 0 Å². The highest BCUT2D eigenvalue weighted by Gasteiger charge is 2.30. The zero-order valence-electron chi connectivity index (χ0n) is 18.1. The first-order valence-electron chi connectivity index (χ1n) is 10.2. The number of aryl methyl sites for hydroxylation is 1. The van der Waals surface area contributed by atoms with E-state index in [1.807, 2.05) is 23.9 Å². The second kappa shape index (κ2) is 9.05. The Morgan fingerprint density at radius 1 is 1.03 bits per heavy atom. The molecule has 2 heterocycles. The van der Waals surface area contributed by atoms with Crippen LogP contribution >= 0.6 is 11.6 Å². The van der Waals surface area contributed by atoms with E-state index in [0.29, 0.717) is 5.02 Å². The minimum Gasteiger partial charge on any atom is -0.465 e. The van der Waals surface area contributed by atoms with Gasteiger partial charge in [-0.2, -0.15) is 4.31 Å². The molecule has 0 atom stereocenters. The monoisotopic (exact) mass is 490 g/mol. The maximum atomic E-state index is 13.1. The number of anilines is 1. The third kappa shape index (κ3) is 4.54. The van der Waals surface area contributed by atoms with Gasteiger partial charge in [0.2, 0.25) is 10.0 Å². The number of benzene rings is 2. The fourth-order valence-electron chi connectivity index (χ4n) is 3.80. The van der Waals surface area contributed by atoms with Gasteiger partial charge in [0.05, 0.1) is 23.3 Å². The van der Waals surface area contributed by atoms with Gasteiger partial charge in [-0.15, -0.1) is 0 Å². The Kier molecular flexibility index (Phi) is 6.33. The molecular formula is C22H23ClN4O5S. The molecule has 0 spiro atoms. The number of hydrogen-bond donors (Lipinski definition) is 1. The number of aromatic nitrogens is 1. The summed E-state index contributed by atoms with van der Waals surface area (Å²) in [6.45, 7) is 0.712. The Morgan fingerprint density at radius 3 is 2.45 bits per heavy atom. The number of fused-ring (bicyclic) bond motifs is 1. The smallest absolute Gasteiger partial charge is 0.339 e. The summed E-state index contributed by atoms with van der Waals surface area (Å²) < 4.78 is 34.3. The van der Waals surface area contributed by atoms with Gasteiger partial charge in [0.25, 0.3) is 0 Å². The van der Waals surface area contributed by atoms with E-state index in [4.69, 9.17) is 16.3 Å². The van der Waals surface area contributed by atoms with E-state index in [-0.39, 0.29) is 42.3 Å². The summed E-state index contributed by atoms with van der Waals surface area (Å²) in [7, 11) is -0.543. The molecule has 0 saturated carbocycles. The molecular weight excluding hydrogens is 468 g/mol. The number of piperazine rings is 1. The lowest BCUT2D eigenvalue weighted by Gasteiger charge is -2.34. The van der Waals surface area contributed by atoms with Crippen molar-refractivity contribution in [2.24, 2.45) is 7.05 Å². The molecule has 1 aliphatic heterocycles. The van der Waals surface area contributed by atoms with Crippen LogP contribution in [0.15, 0.2) is 53.6 Å². The largest absolute Gasteiger partial charge is 0.465 e. The number of nitrogens with zero attached hydrogens (tertiary/aromatic N) is 3. The average Bonchev–Trinajstić information content (AvgIpc) is 3.19. The minimum atomic E-state index is -3.69. The van der Waals surface area contributed by atoms with Crippen molar-refractivity contribution in [2.75, 3.05) is 38.6 Å². The predicted molar refractivity (Wildman–Crippen MR) is 125 cm³/mol. The lowest BCUT2D eigenvalue weighted by atomic mass is 10.2. The molecule has 1 fully saturated rings. The number of urea groups is 1. The van der Waals surface area contributed by atoms with Gasteiger partial charge in [-0.25, -0.2) is 18.0 Å². The highest BCUT2D eigenvalue weighted by molar-refractivity contribution is 7.89. The van der Waals surface area contributed by atoms with Crippen LogP contribution in [0.1, 0.15) is 10.4 Å². The van der Waals surface area contributed by atoms with Crippen LogP contribution in [0.4, 0.5) is 10.5 Å². The van der Waals surface area contributed by atoms with Crippen LogP contribution in [-0.4, -0.2) is 67.5 Å². The maximum Gasteiger partial charge on any atom is 0.339 e. The van der Waals surface area contributed by atoms with Crippen molar-refractivity contribution in [1.82, 2.24) is 13.8 Å². The second-order valence-corrected chi connectivity index (χ2v) is 10.0. The van der Waals surface area contributed by atoms with E-state index >= 15 is 0 Å². The van der Waals surface area contributed by atoms with E-state index in [1.54, 1.807) is 18.2 Å². The van der Waals surface area contributed by atoms with Crippen molar-refractivity contribution >= 4 is 50.2 Å². The van der Waals surface area contributed by atoms with Gasteiger partial charge in [0.15, 0.2) is 0 Å². The van der Waals surface area contributed by atoms with Gasteiger partial charge < -0.3 is 19.5 Å². The zero-order chi connectivity index (χ0) is 23.8. The number of carbonyl (C=O) groups excluding carboxylic acids is 2. The highest BCUT2D eigenvalue weighted by atomic mass is 35.5. The van der Waals surface area contributed by atoms with Crippen LogP contribution in [0, 0.1) is 0 Å². The van der Waals surface area contributed by atoms with E-state index in [9.17, 15) is 18.0 Å². The number of esters is 1. The fourth-order valence-corrected chi connectivity index (χ4v) is 5.43. The minimum absolute atomic E-state index is 0.155. The molecule has 33 heavy (non-hydrogen) atoms. The first-order valence-corrected chi connectivity index (χ1v) is 12.0. The topological polar surface area (TPSA) is 101 Å². The Labute approximate surface area is 196 Å². The van der Waals surface area contributed by atoms with Crippen molar-refractivity contribution < 1.29 is 22.7 Å². The van der Waals surface area contributed by atoms with Crippen molar-refractivity contribution in [3.63, 3.8) is 0 Å². The van der Waals surface area contributed by atoms with Crippen LogP contribution in [0.5, 0.6) is 0 Å². The van der Waals surface area contributed by atoms with Gasteiger partial charge in [-0.3, -0.25) is 0 Å². The number of methoxy groups -OCH3 is 1. The highest BCUT2D eigenvalue weighted by Crippen LogP contribution is 2.25. The van der Waals surface area contributed by atoms with E-state index in [0.717, 1.165) is 10.9 Å². The molecule has 9 nitrogen and oxygen atoms in total. The second-order valence-electron chi connectivity index (χ2n) is 7.65. The van der Waals surface area contributed by atoms with E-state index < -0.39 is 22.0 Å². The lowest BCUT2D eigenvalue weighted by Crippen LogP contribution is -2.51. The van der Waals surface area contributed by atoms with Gasteiger partial charge in [0, 0.05) is 55.3 Å². The summed E-state index contributed by atoms with van der Waals surface area (Å²) in [4.78, 5) is 26.5. The number of halogens is 1. The molecule has 0 unspecified atom stereocenters. The lowest BCUT2D eigenvalue weighted by molar-refractivity contribution is 0.0602. The molecule has 0 radical (unpaired) electrons. The Hall–Kier alpha value is -3.08. The van der Waals surface area contributed by atoms with E-state index in [1.165, 1.54) is 34.5 Å². The number of sulfonamides is 1. The number of carbonyl (C=O) groups is 2. The van der Waals surface area contributed by atoms with Crippen LogP contribution in [-0.2, 0) is 21.8 Å². The Balaban J connectivity index is 1.44. The van der Waals surface area contributed by atoms with Crippen molar-refractivity contribution in [2.45, 2.75) is 4.90 Å². The summed E-state index contributed by atoms with van der Waals surface area (Å²) in [5.74, 6) is -0.603. The molecule has 0 aliphatic carbocycles. The molecule has 11 heteroatoms. The molecule has 4 rings (SSSR count). The Morgan fingerprint density at radius 2 is 1.76 bits per heavy atom. The number of rotatable bonds is 4.